The topological polar surface area (TPSA) is 51.0 Å². The summed E-state index contributed by atoms with van der Waals surface area (Å²) in [6.07, 6.45) is 1.74. The summed E-state index contributed by atoms with van der Waals surface area (Å²) in [5.41, 5.74) is 2.39. The van der Waals surface area contributed by atoms with Gasteiger partial charge in [-0.15, -0.1) is 0 Å². The normalized spacial score (nSPS) is 11.6. The molecule has 2 rings (SSSR count). The fourth-order valence-electron chi connectivity index (χ4n) is 2.13. The molecule has 0 aliphatic carbocycles. The van der Waals surface area contributed by atoms with E-state index in [0.717, 1.165) is 16.7 Å². The Balaban J connectivity index is 2.76. The molecule has 2 heterocycles. The average molecular weight is 274 g/mol. The van der Waals surface area contributed by atoms with Gasteiger partial charge in [0.05, 0.1) is 17.1 Å². The minimum absolute atomic E-state index is 0.0115. The van der Waals surface area contributed by atoms with Crippen molar-refractivity contribution in [2.24, 2.45) is 0 Å². The van der Waals surface area contributed by atoms with E-state index in [0.29, 0.717) is 5.56 Å². The molecule has 0 atom stereocenters. The van der Waals surface area contributed by atoms with Crippen molar-refractivity contribution in [3.63, 3.8) is 0 Å². The maximum atomic E-state index is 12.4. The molecule has 0 aliphatic rings. The standard InChI is InChI=1S/C15H22N4O/c1-9(2)13-7-11(15(20)18(5)6)12-8-16-19(10(3)4)14(12)17-13/h7-10H,1-6H3. The molecule has 0 unspecified atom stereocenters. The maximum Gasteiger partial charge on any atom is 0.254 e. The van der Waals surface area contributed by atoms with Gasteiger partial charge in [-0.3, -0.25) is 4.79 Å². The van der Waals surface area contributed by atoms with Crippen LogP contribution in [0.25, 0.3) is 11.0 Å². The first-order valence-corrected chi connectivity index (χ1v) is 6.92. The Morgan fingerprint density at radius 1 is 1.25 bits per heavy atom. The van der Waals surface area contributed by atoms with Gasteiger partial charge < -0.3 is 4.90 Å². The summed E-state index contributed by atoms with van der Waals surface area (Å²) in [6.45, 7) is 8.27. The molecule has 0 saturated carbocycles. The summed E-state index contributed by atoms with van der Waals surface area (Å²) in [5, 5.41) is 5.20. The van der Waals surface area contributed by atoms with Crippen LogP contribution in [0.1, 0.15) is 55.7 Å². The van der Waals surface area contributed by atoms with E-state index >= 15 is 0 Å². The molecule has 1 amide bonds. The highest BCUT2D eigenvalue weighted by Gasteiger charge is 2.19. The number of aromatic nitrogens is 3. The molecular weight excluding hydrogens is 252 g/mol. The lowest BCUT2D eigenvalue weighted by Gasteiger charge is -2.14. The lowest BCUT2D eigenvalue weighted by atomic mass is 10.0. The summed E-state index contributed by atoms with van der Waals surface area (Å²) in [7, 11) is 3.52. The van der Waals surface area contributed by atoms with Crippen LogP contribution >= 0.6 is 0 Å². The number of hydrogen-bond donors (Lipinski definition) is 0. The minimum atomic E-state index is -0.0115. The fraction of sp³-hybridized carbons (Fsp3) is 0.533. The Morgan fingerprint density at radius 2 is 1.90 bits per heavy atom. The van der Waals surface area contributed by atoms with E-state index in [-0.39, 0.29) is 17.9 Å². The molecule has 2 aromatic heterocycles. The molecule has 5 nitrogen and oxygen atoms in total. The van der Waals surface area contributed by atoms with Gasteiger partial charge in [0.1, 0.15) is 0 Å². The average Bonchev–Trinajstić information content (AvgIpc) is 2.80. The molecule has 0 bridgehead atoms. The number of nitrogens with zero attached hydrogens (tertiary/aromatic N) is 4. The summed E-state index contributed by atoms with van der Waals surface area (Å²) < 4.78 is 1.87. The summed E-state index contributed by atoms with van der Waals surface area (Å²) in [4.78, 5) is 18.7. The molecule has 0 saturated heterocycles. The lowest BCUT2D eigenvalue weighted by Crippen LogP contribution is -2.22. The van der Waals surface area contributed by atoms with Gasteiger partial charge in [0.15, 0.2) is 5.65 Å². The molecule has 2 aromatic rings. The summed E-state index contributed by atoms with van der Waals surface area (Å²) >= 11 is 0. The Kier molecular flexibility index (Phi) is 3.79. The van der Waals surface area contributed by atoms with Crippen molar-refractivity contribution in [2.45, 2.75) is 39.7 Å². The second-order valence-electron chi connectivity index (χ2n) is 5.87. The van der Waals surface area contributed by atoms with Crippen LogP contribution in [0.15, 0.2) is 12.3 Å². The zero-order valence-electron chi connectivity index (χ0n) is 13.0. The highest BCUT2D eigenvalue weighted by atomic mass is 16.2. The Morgan fingerprint density at radius 3 is 2.40 bits per heavy atom. The second kappa shape index (κ2) is 5.23. The van der Waals surface area contributed by atoms with Gasteiger partial charge >= 0.3 is 0 Å². The summed E-state index contributed by atoms with van der Waals surface area (Å²) in [6, 6.07) is 2.10. The predicted molar refractivity (Wildman–Crippen MR) is 80.0 cm³/mol. The largest absolute Gasteiger partial charge is 0.345 e. The van der Waals surface area contributed by atoms with Crippen LogP contribution in [0, 0.1) is 0 Å². The van der Waals surface area contributed by atoms with Gasteiger partial charge in [0, 0.05) is 25.8 Å². The zero-order chi connectivity index (χ0) is 15.0. The molecule has 0 fully saturated rings. The number of carbonyl (C=O) groups is 1. The highest BCUT2D eigenvalue weighted by molar-refractivity contribution is 6.05. The van der Waals surface area contributed by atoms with E-state index in [1.54, 1.807) is 25.2 Å². The van der Waals surface area contributed by atoms with Crippen LogP contribution in [0.2, 0.25) is 0 Å². The monoisotopic (exact) mass is 274 g/mol. The van der Waals surface area contributed by atoms with E-state index in [4.69, 9.17) is 0 Å². The smallest absolute Gasteiger partial charge is 0.254 e. The predicted octanol–water partition coefficient (Wildman–Crippen LogP) is 2.84. The van der Waals surface area contributed by atoms with Crippen LogP contribution in [0.5, 0.6) is 0 Å². The molecule has 20 heavy (non-hydrogen) atoms. The molecule has 108 valence electrons. The number of hydrogen-bond acceptors (Lipinski definition) is 3. The number of carbonyl (C=O) groups excluding carboxylic acids is 1. The molecule has 0 aromatic carbocycles. The van der Waals surface area contributed by atoms with Crippen molar-refractivity contribution in [1.29, 1.82) is 0 Å². The number of amides is 1. The van der Waals surface area contributed by atoms with Crippen LogP contribution in [-0.4, -0.2) is 39.7 Å². The first-order chi connectivity index (χ1) is 9.32. The Hall–Kier alpha value is -1.91. The Labute approximate surface area is 119 Å². The highest BCUT2D eigenvalue weighted by Crippen LogP contribution is 2.24. The minimum Gasteiger partial charge on any atom is -0.345 e. The van der Waals surface area contributed by atoms with E-state index in [9.17, 15) is 4.79 Å². The SMILES string of the molecule is CC(C)c1cc(C(=O)N(C)C)c2cnn(C(C)C)c2n1. The van der Waals surface area contributed by atoms with Gasteiger partial charge in [-0.2, -0.15) is 5.10 Å². The molecule has 0 radical (unpaired) electrons. The van der Waals surface area contributed by atoms with Crippen molar-refractivity contribution < 1.29 is 4.79 Å². The van der Waals surface area contributed by atoms with Crippen LogP contribution < -0.4 is 0 Å². The van der Waals surface area contributed by atoms with E-state index < -0.39 is 0 Å². The van der Waals surface area contributed by atoms with E-state index in [1.165, 1.54) is 0 Å². The first-order valence-electron chi connectivity index (χ1n) is 6.92. The molecule has 0 spiro atoms. The van der Waals surface area contributed by atoms with Crippen molar-refractivity contribution >= 4 is 16.9 Å². The second-order valence-corrected chi connectivity index (χ2v) is 5.87. The van der Waals surface area contributed by atoms with Gasteiger partial charge in [-0.25, -0.2) is 9.67 Å². The number of rotatable bonds is 3. The van der Waals surface area contributed by atoms with Crippen LogP contribution in [0.3, 0.4) is 0 Å². The molecule has 0 N–H and O–H groups in total. The quantitative estimate of drug-likeness (QED) is 0.864. The Bertz CT molecular complexity index is 641. The number of pyridine rings is 1. The molecule has 5 heteroatoms. The number of fused-ring (bicyclic) bond motifs is 1. The van der Waals surface area contributed by atoms with Crippen molar-refractivity contribution in [2.75, 3.05) is 14.1 Å². The third kappa shape index (κ3) is 2.40. The molecule has 0 aliphatic heterocycles. The summed E-state index contributed by atoms with van der Waals surface area (Å²) in [5.74, 6) is 0.256. The van der Waals surface area contributed by atoms with Gasteiger partial charge in [0.25, 0.3) is 5.91 Å². The maximum absolute atomic E-state index is 12.4. The third-order valence-electron chi connectivity index (χ3n) is 3.30. The van der Waals surface area contributed by atoms with Gasteiger partial charge in [-0.05, 0) is 25.8 Å². The van der Waals surface area contributed by atoms with Crippen molar-refractivity contribution in [1.82, 2.24) is 19.7 Å². The lowest BCUT2D eigenvalue weighted by molar-refractivity contribution is 0.0829. The fourth-order valence-corrected chi connectivity index (χ4v) is 2.13. The zero-order valence-corrected chi connectivity index (χ0v) is 13.0. The first kappa shape index (κ1) is 14.5. The van der Waals surface area contributed by atoms with E-state index in [1.807, 2.05) is 10.7 Å². The van der Waals surface area contributed by atoms with Crippen LogP contribution in [-0.2, 0) is 0 Å². The third-order valence-corrected chi connectivity index (χ3v) is 3.30. The van der Waals surface area contributed by atoms with Crippen molar-refractivity contribution in [3.05, 3.63) is 23.5 Å². The van der Waals surface area contributed by atoms with Gasteiger partial charge in [0.2, 0.25) is 0 Å². The van der Waals surface area contributed by atoms with E-state index in [2.05, 4.69) is 37.8 Å². The molecular formula is C15H22N4O. The van der Waals surface area contributed by atoms with Crippen molar-refractivity contribution in [3.8, 4) is 0 Å². The van der Waals surface area contributed by atoms with Gasteiger partial charge in [-0.1, -0.05) is 13.8 Å². The van der Waals surface area contributed by atoms with Crippen LogP contribution in [0.4, 0.5) is 0 Å².